The molecule has 0 spiro atoms. The van der Waals surface area contributed by atoms with Crippen LogP contribution in [0.1, 0.15) is 32.3 Å². The molecule has 1 aromatic carbocycles. The SMILES string of the molecule is CCCNCc1ccc(OCCC)cc1OCC#N. The Kier molecular flexibility index (Phi) is 7.45. The normalized spacial score (nSPS) is 9.95. The van der Waals surface area contributed by atoms with Crippen molar-refractivity contribution < 1.29 is 9.47 Å². The van der Waals surface area contributed by atoms with Crippen LogP contribution in [0, 0.1) is 11.3 Å². The van der Waals surface area contributed by atoms with E-state index in [2.05, 4.69) is 19.2 Å². The molecule has 0 aromatic heterocycles. The monoisotopic (exact) mass is 262 g/mol. The Bertz CT molecular complexity index is 413. The van der Waals surface area contributed by atoms with E-state index in [0.717, 1.165) is 43.0 Å². The molecule has 0 aliphatic heterocycles. The van der Waals surface area contributed by atoms with E-state index in [0.29, 0.717) is 6.61 Å². The van der Waals surface area contributed by atoms with Gasteiger partial charge in [0, 0.05) is 18.2 Å². The van der Waals surface area contributed by atoms with Gasteiger partial charge in [-0.15, -0.1) is 0 Å². The first-order valence-corrected chi connectivity index (χ1v) is 6.78. The van der Waals surface area contributed by atoms with Gasteiger partial charge in [0.05, 0.1) is 6.61 Å². The number of nitrogens with zero attached hydrogens (tertiary/aromatic N) is 1. The number of ether oxygens (including phenoxy) is 2. The Morgan fingerprint density at radius 1 is 1.21 bits per heavy atom. The molecule has 19 heavy (non-hydrogen) atoms. The van der Waals surface area contributed by atoms with Crippen molar-refractivity contribution in [2.45, 2.75) is 33.2 Å². The second kappa shape index (κ2) is 9.23. The predicted octanol–water partition coefficient (Wildman–Crippen LogP) is 2.88. The van der Waals surface area contributed by atoms with Crippen LogP contribution in [-0.4, -0.2) is 19.8 Å². The van der Waals surface area contributed by atoms with Gasteiger partial charge >= 0.3 is 0 Å². The zero-order valence-corrected chi connectivity index (χ0v) is 11.7. The van der Waals surface area contributed by atoms with Crippen molar-refractivity contribution in [1.29, 1.82) is 5.26 Å². The third kappa shape index (κ3) is 5.62. The molecule has 0 saturated carbocycles. The van der Waals surface area contributed by atoms with Crippen molar-refractivity contribution in [2.24, 2.45) is 0 Å². The topological polar surface area (TPSA) is 54.3 Å². The minimum Gasteiger partial charge on any atom is -0.493 e. The Hall–Kier alpha value is -1.73. The van der Waals surface area contributed by atoms with Crippen LogP contribution in [0.5, 0.6) is 11.5 Å². The van der Waals surface area contributed by atoms with Crippen LogP contribution in [0.15, 0.2) is 18.2 Å². The van der Waals surface area contributed by atoms with Gasteiger partial charge in [-0.05, 0) is 25.5 Å². The van der Waals surface area contributed by atoms with Crippen molar-refractivity contribution in [3.63, 3.8) is 0 Å². The molecule has 0 aliphatic rings. The molecule has 4 nitrogen and oxygen atoms in total. The number of hydrogen-bond donors (Lipinski definition) is 1. The molecule has 4 heteroatoms. The lowest BCUT2D eigenvalue weighted by molar-refractivity contribution is 0.311. The maximum atomic E-state index is 8.62. The molecule has 1 aromatic rings. The first-order chi connectivity index (χ1) is 9.31. The summed E-state index contributed by atoms with van der Waals surface area (Å²) in [7, 11) is 0. The molecule has 1 rings (SSSR count). The Morgan fingerprint density at radius 3 is 2.74 bits per heavy atom. The molecular formula is C15H22N2O2. The molecule has 0 radical (unpaired) electrons. The van der Waals surface area contributed by atoms with Crippen molar-refractivity contribution >= 4 is 0 Å². The summed E-state index contributed by atoms with van der Waals surface area (Å²) in [5.74, 6) is 1.51. The molecule has 0 aliphatic carbocycles. The second-order valence-corrected chi connectivity index (χ2v) is 4.24. The third-order valence-electron chi connectivity index (χ3n) is 2.55. The summed E-state index contributed by atoms with van der Waals surface area (Å²) in [6.07, 6.45) is 2.06. The number of nitriles is 1. The van der Waals surface area contributed by atoms with Gasteiger partial charge in [-0.1, -0.05) is 19.9 Å². The van der Waals surface area contributed by atoms with Crippen LogP contribution in [0.2, 0.25) is 0 Å². The van der Waals surface area contributed by atoms with Gasteiger partial charge in [0.1, 0.15) is 17.6 Å². The van der Waals surface area contributed by atoms with E-state index >= 15 is 0 Å². The van der Waals surface area contributed by atoms with Crippen molar-refractivity contribution in [3.05, 3.63) is 23.8 Å². The maximum Gasteiger partial charge on any atom is 0.174 e. The zero-order chi connectivity index (χ0) is 13.9. The lowest BCUT2D eigenvalue weighted by Crippen LogP contribution is -2.14. The van der Waals surface area contributed by atoms with Gasteiger partial charge in [0.15, 0.2) is 6.61 Å². The van der Waals surface area contributed by atoms with Crippen LogP contribution in [0.4, 0.5) is 0 Å². The molecule has 0 bridgehead atoms. The Labute approximate surface area is 115 Å². The quantitative estimate of drug-likeness (QED) is 0.695. The molecule has 0 unspecified atom stereocenters. The van der Waals surface area contributed by atoms with Crippen LogP contribution in [0.3, 0.4) is 0 Å². The molecule has 0 heterocycles. The van der Waals surface area contributed by atoms with E-state index in [4.69, 9.17) is 14.7 Å². The smallest absolute Gasteiger partial charge is 0.174 e. The van der Waals surface area contributed by atoms with E-state index in [-0.39, 0.29) is 6.61 Å². The van der Waals surface area contributed by atoms with Gasteiger partial charge in [-0.25, -0.2) is 0 Å². The first-order valence-electron chi connectivity index (χ1n) is 6.78. The van der Waals surface area contributed by atoms with Crippen LogP contribution in [-0.2, 0) is 6.54 Å². The summed E-state index contributed by atoms with van der Waals surface area (Å²) in [5.41, 5.74) is 1.05. The minimum atomic E-state index is 0.0536. The van der Waals surface area contributed by atoms with Gasteiger partial charge in [0.2, 0.25) is 0 Å². The molecule has 0 saturated heterocycles. The van der Waals surface area contributed by atoms with E-state index in [1.165, 1.54) is 0 Å². The fraction of sp³-hybridized carbons (Fsp3) is 0.533. The molecule has 0 atom stereocenters. The maximum absolute atomic E-state index is 8.62. The fourth-order valence-corrected chi connectivity index (χ4v) is 1.63. The van der Waals surface area contributed by atoms with Crippen LogP contribution >= 0.6 is 0 Å². The largest absolute Gasteiger partial charge is 0.493 e. The van der Waals surface area contributed by atoms with E-state index < -0.39 is 0 Å². The molecule has 1 N–H and O–H groups in total. The van der Waals surface area contributed by atoms with Gasteiger partial charge in [-0.3, -0.25) is 0 Å². The van der Waals surface area contributed by atoms with Crippen LogP contribution in [0.25, 0.3) is 0 Å². The predicted molar refractivity (Wildman–Crippen MR) is 75.3 cm³/mol. The number of hydrogen-bond acceptors (Lipinski definition) is 4. The molecule has 0 fully saturated rings. The number of rotatable bonds is 9. The summed E-state index contributed by atoms with van der Waals surface area (Å²) >= 11 is 0. The van der Waals surface area contributed by atoms with Gasteiger partial charge in [0.25, 0.3) is 0 Å². The fourth-order valence-electron chi connectivity index (χ4n) is 1.63. The highest BCUT2D eigenvalue weighted by Crippen LogP contribution is 2.25. The van der Waals surface area contributed by atoms with Gasteiger partial charge in [-0.2, -0.15) is 5.26 Å². The summed E-state index contributed by atoms with van der Waals surface area (Å²) in [6.45, 7) is 6.63. The summed E-state index contributed by atoms with van der Waals surface area (Å²) in [5, 5.41) is 11.9. The van der Waals surface area contributed by atoms with E-state index in [9.17, 15) is 0 Å². The molecular weight excluding hydrogens is 240 g/mol. The van der Waals surface area contributed by atoms with Gasteiger partial charge < -0.3 is 14.8 Å². The standard InChI is InChI=1S/C15H22N2O2/c1-3-8-17-12-13-5-6-14(18-9-4-2)11-15(13)19-10-7-16/h5-6,11,17H,3-4,8-10,12H2,1-2H3. The highest BCUT2D eigenvalue weighted by Gasteiger charge is 2.06. The number of benzene rings is 1. The molecule has 0 amide bonds. The highest BCUT2D eigenvalue weighted by molar-refractivity contribution is 5.41. The summed E-state index contributed by atoms with van der Waals surface area (Å²) in [4.78, 5) is 0. The number of nitrogens with one attached hydrogen (secondary N) is 1. The zero-order valence-electron chi connectivity index (χ0n) is 11.7. The average molecular weight is 262 g/mol. The molecule has 104 valence electrons. The third-order valence-corrected chi connectivity index (χ3v) is 2.55. The van der Waals surface area contributed by atoms with Crippen molar-refractivity contribution in [1.82, 2.24) is 5.32 Å². The van der Waals surface area contributed by atoms with Crippen molar-refractivity contribution in [3.8, 4) is 17.6 Å². The second-order valence-electron chi connectivity index (χ2n) is 4.24. The lowest BCUT2D eigenvalue weighted by Gasteiger charge is -2.12. The summed E-state index contributed by atoms with van der Waals surface area (Å²) in [6, 6.07) is 7.78. The lowest BCUT2D eigenvalue weighted by atomic mass is 10.2. The van der Waals surface area contributed by atoms with E-state index in [1.807, 2.05) is 24.3 Å². The Balaban J connectivity index is 2.73. The first kappa shape index (κ1) is 15.3. The average Bonchev–Trinajstić information content (AvgIpc) is 2.44. The Morgan fingerprint density at radius 2 is 2.05 bits per heavy atom. The van der Waals surface area contributed by atoms with E-state index in [1.54, 1.807) is 0 Å². The van der Waals surface area contributed by atoms with Crippen LogP contribution < -0.4 is 14.8 Å². The van der Waals surface area contributed by atoms with Crippen molar-refractivity contribution in [2.75, 3.05) is 19.8 Å². The summed E-state index contributed by atoms with van der Waals surface area (Å²) < 4.78 is 11.0. The highest BCUT2D eigenvalue weighted by atomic mass is 16.5. The minimum absolute atomic E-state index is 0.0536.